The molecule has 3 rings (SSSR count). The van der Waals surface area contributed by atoms with E-state index in [0.29, 0.717) is 23.3 Å². The molecule has 1 aromatic heterocycles. The molecule has 0 saturated carbocycles. The monoisotopic (exact) mass is 450 g/mol. The molecule has 0 aliphatic heterocycles. The number of hydrogen-bond donors (Lipinski definition) is 2. The van der Waals surface area contributed by atoms with Gasteiger partial charge < -0.3 is 19.8 Å². The first-order valence-electron chi connectivity index (χ1n) is 11.0. The fraction of sp³-hybridized carbons (Fsp3) is 0.346. The van der Waals surface area contributed by atoms with Crippen LogP contribution in [0.2, 0.25) is 0 Å². The van der Waals surface area contributed by atoms with Crippen molar-refractivity contribution in [3.63, 3.8) is 0 Å². The van der Waals surface area contributed by atoms with E-state index >= 15 is 0 Å². The maximum absolute atomic E-state index is 12.9. The van der Waals surface area contributed by atoms with Crippen molar-refractivity contribution in [2.45, 2.75) is 52.7 Å². The highest BCUT2D eigenvalue weighted by Gasteiger charge is 2.25. The second kappa shape index (κ2) is 9.90. The molecule has 0 spiro atoms. The molecule has 0 radical (unpaired) electrons. The molecule has 1 atom stereocenters. The number of rotatable bonds is 6. The van der Waals surface area contributed by atoms with Gasteiger partial charge in [0.25, 0.3) is 0 Å². The fourth-order valence-electron chi connectivity index (χ4n) is 3.39. The molecule has 2 N–H and O–H groups in total. The van der Waals surface area contributed by atoms with Gasteiger partial charge in [0, 0.05) is 17.1 Å². The Balaban J connectivity index is 1.80. The number of ether oxygens (including phenoxy) is 1. The van der Waals surface area contributed by atoms with Gasteiger partial charge in [0.2, 0.25) is 5.91 Å². The summed E-state index contributed by atoms with van der Waals surface area (Å²) in [5.41, 5.74) is 0.938. The Morgan fingerprint density at radius 1 is 1.03 bits per heavy atom. The van der Waals surface area contributed by atoms with E-state index in [4.69, 9.17) is 9.15 Å². The number of nitrogens with one attached hydrogen (secondary N) is 2. The second-order valence-electron chi connectivity index (χ2n) is 9.38. The predicted molar refractivity (Wildman–Crippen MR) is 129 cm³/mol. The van der Waals surface area contributed by atoms with Crippen molar-refractivity contribution in [2.75, 3.05) is 5.32 Å². The van der Waals surface area contributed by atoms with E-state index in [-0.39, 0.29) is 11.8 Å². The standard InChI is InChI=1S/C26H30N2O5/c1-16(2)13-21(28-25(31)33-26(3,4)5)23(29)27-19-12-11-18-14-20(17-9-7-6-8-10-17)24(30)32-22(18)15-19/h6-12,14-16,21H,13H2,1-5H3,(H,27,29)(H,28,31)/t21-/m0/s1. The molecular formula is C26H30N2O5. The SMILES string of the molecule is CC(C)C[C@H](NC(=O)OC(C)(C)C)C(=O)Nc1ccc2cc(-c3ccccc3)c(=O)oc2c1. The number of alkyl carbamates (subject to hydrolysis) is 1. The van der Waals surface area contributed by atoms with Crippen LogP contribution >= 0.6 is 0 Å². The summed E-state index contributed by atoms with van der Waals surface area (Å²) in [4.78, 5) is 37.6. The van der Waals surface area contributed by atoms with Crippen LogP contribution < -0.4 is 16.3 Å². The maximum Gasteiger partial charge on any atom is 0.408 e. The molecule has 0 bridgehead atoms. The normalized spacial score (nSPS) is 12.4. The van der Waals surface area contributed by atoms with Crippen molar-refractivity contribution >= 4 is 28.7 Å². The zero-order valence-corrected chi connectivity index (χ0v) is 19.6. The molecule has 174 valence electrons. The number of benzene rings is 2. The van der Waals surface area contributed by atoms with Gasteiger partial charge in [-0.1, -0.05) is 44.2 Å². The first-order chi connectivity index (χ1) is 15.5. The minimum Gasteiger partial charge on any atom is -0.444 e. The summed E-state index contributed by atoms with van der Waals surface area (Å²) >= 11 is 0. The molecule has 0 aliphatic rings. The fourth-order valence-corrected chi connectivity index (χ4v) is 3.39. The molecule has 2 aromatic carbocycles. The van der Waals surface area contributed by atoms with Crippen LogP contribution in [0, 0.1) is 5.92 Å². The van der Waals surface area contributed by atoms with Crippen LogP contribution in [0.1, 0.15) is 41.0 Å². The zero-order chi connectivity index (χ0) is 24.2. The molecule has 0 unspecified atom stereocenters. The Labute approximate surface area is 193 Å². The molecule has 1 heterocycles. The Kier molecular flexibility index (Phi) is 7.21. The van der Waals surface area contributed by atoms with Gasteiger partial charge >= 0.3 is 11.7 Å². The summed E-state index contributed by atoms with van der Waals surface area (Å²) in [7, 11) is 0. The molecule has 0 fully saturated rings. The highest BCUT2D eigenvalue weighted by molar-refractivity contribution is 5.98. The summed E-state index contributed by atoms with van der Waals surface area (Å²) in [6, 6.07) is 15.4. The number of carbonyl (C=O) groups excluding carboxylic acids is 2. The van der Waals surface area contributed by atoms with Crippen molar-refractivity contribution < 1.29 is 18.7 Å². The first-order valence-corrected chi connectivity index (χ1v) is 11.0. The number of hydrogen-bond acceptors (Lipinski definition) is 5. The van der Waals surface area contributed by atoms with Crippen LogP contribution in [0.25, 0.3) is 22.1 Å². The van der Waals surface area contributed by atoms with Crippen molar-refractivity contribution in [3.8, 4) is 11.1 Å². The van der Waals surface area contributed by atoms with Gasteiger partial charge in [-0.2, -0.15) is 0 Å². The van der Waals surface area contributed by atoms with Crippen LogP contribution in [-0.4, -0.2) is 23.6 Å². The van der Waals surface area contributed by atoms with E-state index in [1.165, 1.54) is 0 Å². The quantitative estimate of drug-likeness (QED) is 0.494. The predicted octanol–water partition coefficient (Wildman–Crippen LogP) is 5.34. The lowest BCUT2D eigenvalue weighted by atomic mass is 10.0. The first kappa shape index (κ1) is 24.0. The third-order valence-corrected chi connectivity index (χ3v) is 4.80. The van der Waals surface area contributed by atoms with Gasteiger partial charge in [0.05, 0.1) is 5.56 Å². The van der Waals surface area contributed by atoms with E-state index in [1.54, 1.807) is 45.0 Å². The number of amides is 2. The Morgan fingerprint density at radius 3 is 2.36 bits per heavy atom. The lowest BCUT2D eigenvalue weighted by molar-refractivity contribution is -0.118. The Bertz CT molecular complexity index is 1190. The average Bonchev–Trinajstić information content (AvgIpc) is 2.71. The highest BCUT2D eigenvalue weighted by Crippen LogP contribution is 2.24. The highest BCUT2D eigenvalue weighted by atomic mass is 16.6. The molecule has 33 heavy (non-hydrogen) atoms. The number of carbonyl (C=O) groups is 2. The third kappa shape index (κ3) is 6.68. The largest absolute Gasteiger partial charge is 0.444 e. The number of fused-ring (bicyclic) bond motifs is 1. The Hall–Kier alpha value is -3.61. The van der Waals surface area contributed by atoms with E-state index in [9.17, 15) is 14.4 Å². The van der Waals surface area contributed by atoms with Crippen molar-refractivity contribution in [1.29, 1.82) is 0 Å². The second-order valence-corrected chi connectivity index (χ2v) is 9.38. The van der Waals surface area contributed by atoms with Gasteiger partial charge in [-0.3, -0.25) is 4.79 Å². The molecule has 3 aromatic rings. The van der Waals surface area contributed by atoms with Crippen molar-refractivity contribution in [1.82, 2.24) is 5.32 Å². The van der Waals surface area contributed by atoms with Gasteiger partial charge in [-0.05, 0) is 56.9 Å². The summed E-state index contributed by atoms with van der Waals surface area (Å²) in [5.74, 6) is -0.209. The van der Waals surface area contributed by atoms with Crippen molar-refractivity contribution in [2.24, 2.45) is 5.92 Å². The lowest BCUT2D eigenvalue weighted by Crippen LogP contribution is -2.46. The summed E-state index contributed by atoms with van der Waals surface area (Å²) in [6.07, 6.45) is -0.213. The van der Waals surface area contributed by atoms with E-state index in [2.05, 4.69) is 10.6 Å². The van der Waals surface area contributed by atoms with Crippen LogP contribution in [-0.2, 0) is 9.53 Å². The van der Waals surface area contributed by atoms with Gasteiger partial charge in [0.15, 0.2) is 0 Å². The van der Waals surface area contributed by atoms with E-state index < -0.39 is 23.4 Å². The topological polar surface area (TPSA) is 97.6 Å². The smallest absolute Gasteiger partial charge is 0.408 e. The molecule has 7 heteroatoms. The Morgan fingerprint density at radius 2 is 1.73 bits per heavy atom. The molecule has 0 saturated heterocycles. The summed E-state index contributed by atoms with van der Waals surface area (Å²) in [5, 5.41) is 6.19. The summed E-state index contributed by atoms with van der Waals surface area (Å²) in [6.45, 7) is 9.21. The average molecular weight is 451 g/mol. The van der Waals surface area contributed by atoms with Crippen LogP contribution in [0.3, 0.4) is 0 Å². The molecule has 2 amide bonds. The van der Waals surface area contributed by atoms with Gasteiger partial charge in [-0.25, -0.2) is 9.59 Å². The number of anilines is 1. The minimum absolute atomic E-state index is 0.168. The summed E-state index contributed by atoms with van der Waals surface area (Å²) < 4.78 is 10.8. The maximum atomic E-state index is 12.9. The van der Waals surface area contributed by atoms with E-state index in [1.807, 2.05) is 44.2 Å². The molecular weight excluding hydrogens is 420 g/mol. The lowest BCUT2D eigenvalue weighted by Gasteiger charge is -2.24. The minimum atomic E-state index is -0.775. The van der Waals surface area contributed by atoms with Crippen LogP contribution in [0.15, 0.2) is 63.8 Å². The van der Waals surface area contributed by atoms with Gasteiger partial charge in [-0.15, -0.1) is 0 Å². The zero-order valence-electron chi connectivity index (χ0n) is 19.6. The van der Waals surface area contributed by atoms with Crippen LogP contribution in [0.4, 0.5) is 10.5 Å². The van der Waals surface area contributed by atoms with E-state index in [0.717, 1.165) is 10.9 Å². The van der Waals surface area contributed by atoms with Crippen molar-refractivity contribution in [3.05, 3.63) is 65.0 Å². The molecule has 0 aliphatic carbocycles. The third-order valence-electron chi connectivity index (χ3n) is 4.80. The van der Waals surface area contributed by atoms with Gasteiger partial charge in [0.1, 0.15) is 17.2 Å². The van der Waals surface area contributed by atoms with Crippen LogP contribution in [0.5, 0.6) is 0 Å². The molecule has 7 nitrogen and oxygen atoms in total.